The van der Waals surface area contributed by atoms with E-state index < -0.39 is 18.0 Å². The quantitative estimate of drug-likeness (QED) is 0.138. The van der Waals surface area contributed by atoms with Gasteiger partial charge in [0.2, 0.25) is 12.3 Å². The second kappa shape index (κ2) is 13.8. The SMILES string of the molecule is CC1=NC(C)=C(OC(=O)OCCCN2CCC(c3ccccc3)(c3ccccc3)CC2)C(c2ccccc2Cl)C1c1nnco1. The van der Waals surface area contributed by atoms with Gasteiger partial charge in [-0.3, -0.25) is 4.99 Å². The number of hydrogen-bond donors (Lipinski definition) is 0. The number of allylic oxidation sites excluding steroid dienone is 2. The van der Waals surface area contributed by atoms with Crippen molar-refractivity contribution in [2.24, 2.45) is 4.99 Å². The number of halogens is 1. The van der Waals surface area contributed by atoms with Gasteiger partial charge in [0.1, 0.15) is 5.76 Å². The highest BCUT2D eigenvalue weighted by atomic mass is 35.5. The average molecular weight is 625 g/mol. The van der Waals surface area contributed by atoms with Crippen LogP contribution in [0.25, 0.3) is 0 Å². The molecule has 0 amide bonds. The lowest BCUT2D eigenvalue weighted by Crippen LogP contribution is -2.43. The number of nitrogens with zero attached hydrogens (tertiary/aromatic N) is 4. The standard InChI is InChI=1S/C36H37ClN4O4/c1-25-31(34-40-38-24-44-34)32(29-16-9-10-17-30(29)37)33(26(2)39-25)45-35(42)43-23-11-20-41-21-18-36(19-22-41,27-12-5-3-6-13-27)28-14-7-4-8-15-28/h3-10,12-17,24,31-32H,11,18-23H2,1-2H3. The number of hydrogen-bond acceptors (Lipinski definition) is 8. The van der Waals surface area contributed by atoms with Crippen molar-refractivity contribution in [2.75, 3.05) is 26.2 Å². The number of ether oxygens (including phenoxy) is 2. The van der Waals surface area contributed by atoms with E-state index in [9.17, 15) is 4.79 Å². The molecular formula is C36H37ClN4O4. The molecule has 6 rings (SSSR count). The number of aromatic nitrogens is 2. The summed E-state index contributed by atoms with van der Waals surface area (Å²) in [5.41, 5.74) is 4.83. The number of likely N-dealkylation sites (tertiary alicyclic amines) is 1. The molecule has 1 fully saturated rings. The van der Waals surface area contributed by atoms with Crippen LogP contribution in [0.3, 0.4) is 0 Å². The van der Waals surface area contributed by atoms with Gasteiger partial charge < -0.3 is 18.8 Å². The fourth-order valence-electron chi connectivity index (χ4n) is 6.81. The number of aliphatic imine (C=N–C) groups is 1. The van der Waals surface area contributed by atoms with Crippen LogP contribution in [0, 0.1) is 0 Å². The van der Waals surface area contributed by atoms with Crippen LogP contribution in [0.15, 0.2) is 112 Å². The Hall–Kier alpha value is -4.27. The van der Waals surface area contributed by atoms with Gasteiger partial charge >= 0.3 is 6.16 Å². The van der Waals surface area contributed by atoms with Gasteiger partial charge in [0.15, 0.2) is 0 Å². The van der Waals surface area contributed by atoms with Crippen LogP contribution in [0.4, 0.5) is 4.79 Å². The van der Waals surface area contributed by atoms with E-state index in [-0.39, 0.29) is 12.0 Å². The summed E-state index contributed by atoms with van der Waals surface area (Å²) in [6.45, 7) is 6.71. The maximum Gasteiger partial charge on any atom is 0.513 e. The summed E-state index contributed by atoms with van der Waals surface area (Å²) in [6.07, 6.45) is 3.26. The molecule has 0 aliphatic carbocycles. The van der Waals surface area contributed by atoms with Crippen LogP contribution < -0.4 is 0 Å². The van der Waals surface area contributed by atoms with Crippen molar-refractivity contribution in [3.05, 3.63) is 130 Å². The van der Waals surface area contributed by atoms with Gasteiger partial charge in [-0.05, 0) is 69.0 Å². The highest BCUT2D eigenvalue weighted by Crippen LogP contribution is 2.46. The van der Waals surface area contributed by atoms with Gasteiger partial charge in [0.25, 0.3) is 0 Å². The van der Waals surface area contributed by atoms with Gasteiger partial charge in [0.05, 0.1) is 24.1 Å². The molecule has 232 valence electrons. The Labute approximate surface area is 268 Å². The molecule has 2 unspecified atom stereocenters. The van der Waals surface area contributed by atoms with Crippen molar-refractivity contribution in [3.8, 4) is 0 Å². The molecule has 0 radical (unpaired) electrons. The van der Waals surface area contributed by atoms with Crippen LogP contribution in [0.1, 0.15) is 67.5 Å². The number of carbonyl (C=O) groups is 1. The van der Waals surface area contributed by atoms with Gasteiger partial charge in [-0.1, -0.05) is 90.5 Å². The van der Waals surface area contributed by atoms with E-state index in [1.165, 1.54) is 17.5 Å². The molecule has 3 heterocycles. The molecule has 0 N–H and O–H groups in total. The third kappa shape index (κ3) is 6.58. The zero-order valence-corrected chi connectivity index (χ0v) is 26.3. The lowest BCUT2D eigenvalue weighted by Gasteiger charge is -2.43. The summed E-state index contributed by atoms with van der Waals surface area (Å²) < 4.78 is 17.0. The van der Waals surface area contributed by atoms with E-state index in [1.807, 2.05) is 25.1 Å². The van der Waals surface area contributed by atoms with Crippen molar-refractivity contribution in [3.63, 3.8) is 0 Å². The first kappa shape index (κ1) is 30.7. The molecule has 0 spiro atoms. The molecule has 1 saturated heterocycles. The molecule has 45 heavy (non-hydrogen) atoms. The molecular weight excluding hydrogens is 588 g/mol. The third-order valence-electron chi connectivity index (χ3n) is 9.04. The number of benzene rings is 3. The Balaban J connectivity index is 1.07. The van der Waals surface area contributed by atoms with Gasteiger partial charge in [-0.25, -0.2) is 4.79 Å². The van der Waals surface area contributed by atoms with Crippen molar-refractivity contribution >= 4 is 23.5 Å². The molecule has 1 aromatic heterocycles. The number of rotatable bonds is 9. The average Bonchev–Trinajstić information content (AvgIpc) is 3.60. The first-order chi connectivity index (χ1) is 22.0. The first-order valence-corrected chi connectivity index (χ1v) is 15.8. The maximum absolute atomic E-state index is 13.0. The summed E-state index contributed by atoms with van der Waals surface area (Å²) in [5.74, 6) is -0.215. The van der Waals surface area contributed by atoms with E-state index in [4.69, 9.17) is 25.5 Å². The molecule has 9 heteroatoms. The largest absolute Gasteiger partial charge is 0.513 e. The van der Waals surface area contributed by atoms with Crippen LogP contribution in [-0.2, 0) is 14.9 Å². The summed E-state index contributed by atoms with van der Waals surface area (Å²) in [7, 11) is 0. The number of carbonyl (C=O) groups excluding carboxylic acids is 1. The van der Waals surface area contributed by atoms with Crippen LogP contribution in [0.2, 0.25) is 5.02 Å². The van der Waals surface area contributed by atoms with Gasteiger partial charge in [-0.15, -0.1) is 10.2 Å². The third-order valence-corrected chi connectivity index (χ3v) is 9.39. The lowest BCUT2D eigenvalue weighted by atomic mass is 9.68. The molecule has 3 aromatic carbocycles. The molecule has 4 aromatic rings. The Morgan fingerprint density at radius 2 is 1.58 bits per heavy atom. The first-order valence-electron chi connectivity index (χ1n) is 15.4. The molecule has 8 nitrogen and oxygen atoms in total. The molecule has 0 saturated carbocycles. The Morgan fingerprint density at radius 3 is 2.20 bits per heavy atom. The fourth-order valence-corrected chi connectivity index (χ4v) is 7.06. The molecule has 0 bridgehead atoms. The fraction of sp³-hybridized carbons (Fsp3) is 0.333. The maximum atomic E-state index is 13.0. The summed E-state index contributed by atoms with van der Waals surface area (Å²) in [6, 6.07) is 29.1. The molecule has 2 aliphatic rings. The van der Waals surface area contributed by atoms with Gasteiger partial charge in [0, 0.05) is 22.7 Å². The zero-order chi connectivity index (χ0) is 31.2. The topological polar surface area (TPSA) is 90.1 Å². The smallest absolute Gasteiger partial charge is 0.434 e. The highest BCUT2D eigenvalue weighted by molar-refractivity contribution is 6.31. The highest BCUT2D eigenvalue weighted by Gasteiger charge is 2.41. The summed E-state index contributed by atoms with van der Waals surface area (Å²) in [4.78, 5) is 20.1. The van der Waals surface area contributed by atoms with E-state index in [2.05, 4.69) is 80.8 Å². The van der Waals surface area contributed by atoms with E-state index in [0.29, 0.717) is 28.8 Å². The monoisotopic (exact) mass is 624 g/mol. The van der Waals surface area contributed by atoms with Crippen LogP contribution in [0.5, 0.6) is 0 Å². The summed E-state index contributed by atoms with van der Waals surface area (Å²) >= 11 is 6.64. The van der Waals surface area contributed by atoms with Crippen molar-refractivity contribution in [1.82, 2.24) is 15.1 Å². The summed E-state index contributed by atoms with van der Waals surface area (Å²) in [5, 5.41) is 8.54. The second-order valence-corrected chi connectivity index (χ2v) is 12.1. The Bertz CT molecular complexity index is 1610. The minimum Gasteiger partial charge on any atom is -0.434 e. The zero-order valence-electron chi connectivity index (χ0n) is 25.6. The number of piperidine rings is 1. The Kier molecular flexibility index (Phi) is 9.42. The molecule has 2 atom stereocenters. The minimum absolute atomic E-state index is 0.00300. The second-order valence-electron chi connectivity index (χ2n) is 11.7. The van der Waals surface area contributed by atoms with E-state index in [0.717, 1.165) is 43.8 Å². The molecule has 2 aliphatic heterocycles. The van der Waals surface area contributed by atoms with E-state index in [1.54, 1.807) is 13.0 Å². The van der Waals surface area contributed by atoms with Crippen molar-refractivity contribution in [2.45, 2.75) is 50.4 Å². The Morgan fingerprint density at radius 1 is 0.933 bits per heavy atom. The normalized spacial score (nSPS) is 20.0. The van der Waals surface area contributed by atoms with E-state index >= 15 is 0 Å². The minimum atomic E-state index is -0.772. The lowest BCUT2D eigenvalue weighted by molar-refractivity contribution is 0.0662. The van der Waals surface area contributed by atoms with Crippen molar-refractivity contribution < 1.29 is 18.7 Å². The van der Waals surface area contributed by atoms with Crippen LogP contribution in [-0.4, -0.2) is 53.2 Å². The van der Waals surface area contributed by atoms with Gasteiger partial charge in [-0.2, -0.15) is 0 Å². The van der Waals surface area contributed by atoms with Crippen LogP contribution >= 0.6 is 11.6 Å². The predicted molar refractivity (Wildman–Crippen MR) is 173 cm³/mol. The predicted octanol–water partition coefficient (Wildman–Crippen LogP) is 7.92. The van der Waals surface area contributed by atoms with Crippen molar-refractivity contribution in [1.29, 1.82) is 0 Å².